The van der Waals surface area contributed by atoms with E-state index in [0.717, 1.165) is 25.3 Å². The molecule has 0 radical (unpaired) electrons. The number of hydrogen-bond donors (Lipinski definition) is 1. The van der Waals surface area contributed by atoms with Crippen LogP contribution in [0.5, 0.6) is 0 Å². The lowest BCUT2D eigenvalue weighted by molar-refractivity contribution is 0.272. The van der Waals surface area contributed by atoms with Crippen LogP contribution in [-0.4, -0.2) is 11.4 Å². The van der Waals surface area contributed by atoms with Crippen LogP contribution in [0, 0.1) is 6.92 Å². The second-order valence-electron chi connectivity index (χ2n) is 4.99. The zero-order valence-corrected chi connectivity index (χ0v) is 11.8. The average molecular weight is 254 g/mol. The van der Waals surface area contributed by atoms with E-state index < -0.39 is 0 Å². The highest BCUT2D eigenvalue weighted by Crippen LogP contribution is 2.15. The van der Waals surface area contributed by atoms with Crippen LogP contribution in [0.15, 0.2) is 48.5 Å². The predicted molar refractivity (Wildman–Crippen MR) is 81.8 cm³/mol. The number of anilines is 1. The molecule has 2 heteroatoms. The lowest BCUT2D eigenvalue weighted by atomic mass is 10.1. The van der Waals surface area contributed by atoms with E-state index in [2.05, 4.69) is 49.1 Å². The predicted octanol–water partition coefficient (Wildman–Crippen LogP) is 3.60. The zero-order valence-electron chi connectivity index (χ0n) is 11.8. The van der Waals surface area contributed by atoms with Gasteiger partial charge in [0.25, 0.3) is 0 Å². The molecule has 0 aliphatic rings. The van der Waals surface area contributed by atoms with E-state index >= 15 is 0 Å². The summed E-state index contributed by atoms with van der Waals surface area (Å²) in [5.74, 6) is 0. The first-order valence-corrected chi connectivity index (χ1v) is 6.80. The van der Waals surface area contributed by atoms with Crippen LogP contribution in [0.25, 0.3) is 0 Å². The SMILES string of the molecule is CCN(Cc1ccc(C)cc1)Cc1ccccc1N. The van der Waals surface area contributed by atoms with Crippen LogP contribution in [-0.2, 0) is 13.1 Å². The van der Waals surface area contributed by atoms with Gasteiger partial charge in [-0.25, -0.2) is 0 Å². The maximum absolute atomic E-state index is 6.01. The third-order valence-corrected chi connectivity index (χ3v) is 3.42. The molecule has 100 valence electrons. The fraction of sp³-hybridized carbons (Fsp3) is 0.294. The molecule has 0 unspecified atom stereocenters. The number of aryl methyl sites for hydroxylation is 1. The summed E-state index contributed by atoms with van der Waals surface area (Å²) in [5.41, 5.74) is 10.7. The Labute approximate surface area is 115 Å². The Hall–Kier alpha value is -1.80. The molecule has 0 aliphatic carbocycles. The number of rotatable bonds is 5. The van der Waals surface area contributed by atoms with Gasteiger partial charge in [0, 0.05) is 18.8 Å². The molecule has 2 rings (SSSR count). The van der Waals surface area contributed by atoms with Gasteiger partial charge < -0.3 is 5.73 Å². The summed E-state index contributed by atoms with van der Waals surface area (Å²) >= 11 is 0. The second kappa shape index (κ2) is 6.39. The molecular weight excluding hydrogens is 232 g/mol. The van der Waals surface area contributed by atoms with Crippen molar-refractivity contribution >= 4 is 5.69 Å². The molecule has 0 saturated carbocycles. The van der Waals surface area contributed by atoms with Crippen molar-refractivity contribution in [3.05, 3.63) is 65.2 Å². The minimum absolute atomic E-state index is 0.879. The minimum atomic E-state index is 0.879. The van der Waals surface area contributed by atoms with Crippen molar-refractivity contribution in [3.8, 4) is 0 Å². The Kier molecular flexibility index (Phi) is 4.58. The van der Waals surface area contributed by atoms with Gasteiger partial charge >= 0.3 is 0 Å². The third-order valence-electron chi connectivity index (χ3n) is 3.42. The molecule has 2 nitrogen and oxygen atoms in total. The zero-order chi connectivity index (χ0) is 13.7. The highest BCUT2D eigenvalue weighted by Gasteiger charge is 2.06. The summed E-state index contributed by atoms with van der Waals surface area (Å²) < 4.78 is 0. The van der Waals surface area contributed by atoms with Crippen LogP contribution >= 0.6 is 0 Å². The monoisotopic (exact) mass is 254 g/mol. The fourth-order valence-corrected chi connectivity index (χ4v) is 2.15. The second-order valence-corrected chi connectivity index (χ2v) is 4.99. The first-order chi connectivity index (χ1) is 9.19. The van der Waals surface area contributed by atoms with Crippen LogP contribution < -0.4 is 5.73 Å². The molecule has 0 fully saturated rings. The standard InChI is InChI=1S/C17H22N2/c1-3-19(12-15-10-8-14(2)9-11-15)13-16-6-4-5-7-17(16)18/h4-11H,3,12-13,18H2,1-2H3. The summed E-state index contributed by atoms with van der Waals surface area (Å²) in [5, 5.41) is 0. The lowest BCUT2D eigenvalue weighted by Gasteiger charge is -2.21. The Bertz CT molecular complexity index is 517. The molecule has 19 heavy (non-hydrogen) atoms. The molecule has 0 saturated heterocycles. The Balaban J connectivity index is 2.05. The van der Waals surface area contributed by atoms with Crippen LogP contribution in [0.3, 0.4) is 0 Å². The van der Waals surface area contributed by atoms with E-state index in [0.29, 0.717) is 0 Å². The molecule has 0 aliphatic heterocycles. The molecule has 2 N–H and O–H groups in total. The van der Waals surface area contributed by atoms with Gasteiger partial charge in [-0.3, -0.25) is 4.90 Å². The smallest absolute Gasteiger partial charge is 0.0359 e. The van der Waals surface area contributed by atoms with Crippen LogP contribution in [0.1, 0.15) is 23.6 Å². The van der Waals surface area contributed by atoms with Gasteiger partial charge in [0.15, 0.2) is 0 Å². The van der Waals surface area contributed by atoms with Gasteiger partial charge in [-0.05, 0) is 30.7 Å². The molecule has 0 aromatic heterocycles. The van der Waals surface area contributed by atoms with E-state index in [4.69, 9.17) is 5.73 Å². The van der Waals surface area contributed by atoms with Crippen LogP contribution in [0.2, 0.25) is 0 Å². The summed E-state index contributed by atoms with van der Waals surface area (Å²) in [7, 11) is 0. The normalized spacial score (nSPS) is 10.9. The third kappa shape index (κ3) is 3.83. The van der Waals surface area contributed by atoms with Gasteiger partial charge in [-0.1, -0.05) is 55.0 Å². The Morgan fingerprint density at radius 2 is 1.63 bits per heavy atom. The Morgan fingerprint density at radius 1 is 0.947 bits per heavy atom. The van der Waals surface area contributed by atoms with Crippen molar-refractivity contribution in [2.75, 3.05) is 12.3 Å². The van der Waals surface area contributed by atoms with Crippen molar-refractivity contribution in [1.82, 2.24) is 4.90 Å². The highest BCUT2D eigenvalue weighted by atomic mass is 15.1. The van der Waals surface area contributed by atoms with E-state index in [1.807, 2.05) is 18.2 Å². The maximum Gasteiger partial charge on any atom is 0.0359 e. The molecule has 2 aromatic rings. The summed E-state index contributed by atoms with van der Waals surface area (Å²) in [6, 6.07) is 16.8. The topological polar surface area (TPSA) is 29.3 Å². The van der Waals surface area contributed by atoms with Gasteiger partial charge in [-0.2, -0.15) is 0 Å². The van der Waals surface area contributed by atoms with E-state index in [-0.39, 0.29) is 0 Å². The molecular formula is C17H22N2. The quantitative estimate of drug-likeness (QED) is 0.826. The Morgan fingerprint density at radius 3 is 2.26 bits per heavy atom. The molecule has 0 spiro atoms. The van der Waals surface area contributed by atoms with E-state index in [9.17, 15) is 0 Å². The number of para-hydroxylation sites is 1. The highest BCUT2D eigenvalue weighted by molar-refractivity contribution is 5.46. The molecule has 0 atom stereocenters. The van der Waals surface area contributed by atoms with Crippen molar-refractivity contribution in [2.24, 2.45) is 0 Å². The van der Waals surface area contributed by atoms with Crippen molar-refractivity contribution < 1.29 is 0 Å². The summed E-state index contributed by atoms with van der Waals surface area (Å²) in [6.07, 6.45) is 0. The first-order valence-electron chi connectivity index (χ1n) is 6.80. The van der Waals surface area contributed by atoms with Gasteiger partial charge in [0.2, 0.25) is 0 Å². The van der Waals surface area contributed by atoms with Crippen molar-refractivity contribution in [3.63, 3.8) is 0 Å². The van der Waals surface area contributed by atoms with Crippen molar-refractivity contribution in [1.29, 1.82) is 0 Å². The van der Waals surface area contributed by atoms with E-state index in [1.165, 1.54) is 16.7 Å². The molecule has 0 bridgehead atoms. The molecule has 2 aromatic carbocycles. The number of hydrogen-bond acceptors (Lipinski definition) is 2. The fourth-order valence-electron chi connectivity index (χ4n) is 2.15. The number of benzene rings is 2. The van der Waals surface area contributed by atoms with Gasteiger partial charge in [0.05, 0.1) is 0 Å². The average Bonchev–Trinajstić information content (AvgIpc) is 2.43. The largest absolute Gasteiger partial charge is 0.398 e. The number of nitrogen functional groups attached to an aromatic ring is 1. The number of nitrogens with two attached hydrogens (primary N) is 1. The van der Waals surface area contributed by atoms with Crippen molar-refractivity contribution in [2.45, 2.75) is 26.9 Å². The summed E-state index contributed by atoms with van der Waals surface area (Å²) in [4.78, 5) is 2.40. The van der Waals surface area contributed by atoms with Gasteiger partial charge in [-0.15, -0.1) is 0 Å². The molecule has 0 amide bonds. The maximum atomic E-state index is 6.01. The molecule has 0 heterocycles. The summed E-state index contributed by atoms with van der Waals surface area (Å²) in [6.45, 7) is 7.18. The minimum Gasteiger partial charge on any atom is -0.398 e. The lowest BCUT2D eigenvalue weighted by Crippen LogP contribution is -2.22. The number of nitrogens with zero attached hydrogens (tertiary/aromatic N) is 1. The van der Waals surface area contributed by atoms with E-state index in [1.54, 1.807) is 0 Å². The van der Waals surface area contributed by atoms with Crippen LogP contribution in [0.4, 0.5) is 5.69 Å². The van der Waals surface area contributed by atoms with Gasteiger partial charge in [0.1, 0.15) is 0 Å². The first kappa shape index (κ1) is 13.6.